The Labute approximate surface area is 111 Å². The highest BCUT2D eigenvalue weighted by Crippen LogP contribution is 2.39. The molecule has 0 atom stereocenters. The first-order valence-corrected chi connectivity index (χ1v) is 6.26. The molecular weight excluding hydrogens is 240 g/mol. The second kappa shape index (κ2) is 4.12. The fourth-order valence-corrected chi connectivity index (χ4v) is 2.54. The van der Waals surface area contributed by atoms with Crippen LogP contribution in [-0.4, -0.2) is 16.0 Å². The van der Waals surface area contributed by atoms with Gasteiger partial charge >= 0.3 is 0 Å². The van der Waals surface area contributed by atoms with E-state index in [-0.39, 0.29) is 17.3 Å². The third kappa shape index (κ3) is 1.78. The van der Waals surface area contributed by atoms with E-state index < -0.39 is 0 Å². The summed E-state index contributed by atoms with van der Waals surface area (Å²) in [6.07, 6.45) is 1.31. The van der Waals surface area contributed by atoms with Crippen molar-refractivity contribution >= 4 is 5.78 Å². The lowest BCUT2D eigenvalue weighted by Gasteiger charge is -2.10. The molecule has 0 radical (unpaired) electrons. The van der Waals surface area contributed by atoms with Crippen molar-refractivity contribution in [3.8, 4) is 22.6 Å². The Morgan fingerprint density at radius 3 is 2.47 bits per heavy atom. The summed E-state index contributed by atoms with van der Waals surface area (Å²) in [5, 5.41) is 19.8. The van der Waals surface area contributed by atoms with E-state index in [1.54, 1.807) is 25.1 Å². The van der Waals surface area contributed by atoms with Gasteiger partial charge in [0.15, 0.2) is 17.3 Å². The lowest BCUT2D eigenvalue weighted by Crippen LogP contribution is -1.91. The van der Waals surface area contributed by atoms with Crippen LogP contribution in [0.2, 0.25) is 0 Å². The summed E-state index contributed by atoms with van der Waals surface area (Å²) in [5.74, 6) is -0.0177. The van der Waals surface area contributed by atoms with Crippen molar-refractivity contribution in [1.29, 1.82) is 0 Å². The molecule has 3 heteroatoms. The minimum absolute atomic E-state index is 0.0888. The van der Waals surface area contributed by atoms with E-state index in [9.17, 15) is 15.0 Å². The maximum Gasteiger partial charge on any atom is 0.165 e. The Kier molecular flexibility index (Phi) is 2.56. The number of carbonyl (C=O) groups excluding carboxylic acids is 1. The molecule has 96 valence electrons. The molecule has 0 bridgehead atoms. The van der Waals surface area contributed by atoms with Crippen LogP contribution in [0.25, 0.3) is 11.1 Å². The predicted octanol–water partition coefficient (Wildman–Crippen LogP) is 3.20. The molecule has 0 saturated heterocycles. The number of phenols is 2. The van der Waals surface area contributed by atoms with Gasteiger partial charge in [0.1, 0.15) is 0 Å². The van der Waals surface area contributed by atoms with Crippen LogP contribution in [0.5, 0.6) is 11.5 Å². The van der Waals surface area contributed by atoms with Crippen molar-refractivity contribution in [3.05, 3.63) is 47.0 Å². The molecule has 19 heavy (non-hydrogen) atoms. The first-order valence-electron chi connectivity index (χ1n) is 6.26. The molecule has 0 aliphatic heterocycles. The van der Waals surface area contributed by atoms with Crippen LogP contribution in [0.15, 0.2) is 30.3 Å². The van der Waals surface area contributed by atoms with Crippen molar-refractivity contribution in [1.82, 2.24) is 0 Å². The normalized spacial score (nSPS) is 13.6. The standard InChI is InChI=1S/C16H14O3/c1-9-2-5-13(16(19)15(9)18)11-3-6-12-10(8-11)4-7-14(12)17/h2-3,5-6,8,18-19H,4,7H2,1H3. The Morgan fingerprint density at radius 1 is 0.947 bits per heavy atom. The molecule has 0 unspecified atom stereocenters. The number of Topliss-reactive ketones (excluding diaryl/α,β-unsaturated/α-hetero) is 1. The molecule has 3 nitrogen and oxygen atoms in total. The van der Waals surface area contributed by atoms with Gasteiger partial charge in [-0.2, -0.15) is 0 Å². The third-order valence-electron chi connectivity index (χ3n) is 3.69. The zero-order valence-corrected chi connectivity index (χ0v) is 10.6. The quantitative estimate of drug-likeness (QED) is 0.768. The van der Waals surface area contributed by atoms with Gasteiger partial charge in [0, 0.05) is 17.5 Å². The van der Waals surface area contributed by atoms with E-state index in [1.807, 2.05) is 12.1 Å². The maximum atomic E-state index is 11.6. The number of benzene rings is 2. The summed E-state index contributed by atoms with van der Waals surface area (Å²) in [5.41, 5.74) is 3.84. The maximum absolute atomic E-state index is 11.6. The average Bonchev–Trinajstić information content (AvgIpc) is 2.77. The van der Waals surface area contributed by atoms with Gasteiger partial charge in [0.25, 0.3) is 0 Å². The van der Waals surface area contributed by atoms with Gasteiger partial charge in [0.2, 0.25) is 0 Å². The van der Waals surface area contributed by atoms with Crippen LogP contribution < -0.4 is 0 Å². The van der Waals surface area contributed by atoms with Gasteiger partial charge < -0.3 is 10.2 Å². The highest BCUT2D eigenvalue weighted by atomic mass is 16.3. The number of aromatic hydroxyl groups is 2. The van der Waals surface area contributed by atoms with Crippen molar-refractivity contribution in [2.24, 2.45) is 0 Å². The van der Waals surface area contributed by atoms with Crippen LogP contribution >= 0.6 is 0 Å². The number of fused-ring (bicyclic) bond motifs is 1. The molecule has 0 heterocycles. The monoisotopic (exact) mass is 254 g/mol. The van der Waals surface area contributed by atoms with Crippen LogP contribution in [0, 0.1) is 6.92 Å². The zero-order chi connectivity index (χ0) is 13.6. The first-order chi connectivity index (χ1) is 9.08. The molecule has 3 rings (SSSR count). The largest absolute Gasteiger partial charge is 0.504 e. The second-order valence-electron chi connectivity index (χ2n) is 4.92. The fraction of sp³-hybridized carbons (Fsp3) is 0.188. The van der Waals surface area contributed by atoms with Crippen LogP contribution in [0.3, 0.4) is 0 Å². The molecule has 2 aromatic carbocycles. The zero-order valence-electron chi connectivity index (χ0n) is 10.6. The first kappa shape index (κ1) is 11.8. The molecule has 1 aliphatic rings. The molecule has 0 amide bonds. The summed E-state index contributed by atoms with van der Waals surface area (Å²) in [6, 6.07) is 9.08. The molecule has 2 N–H and O–H groups in total. The van der Waals surface area contributed by atoms with Gasteiger partial charge in [0.05, 0.1) is 0 Å². The van der Waals surface area contributed by atoms with Crippen molar-refractivity contribution in [2.45, 2.75) is 19.8 Å². The summed E-state index contributed by atoms with van der Waals surface area (Å²) < 4.78 is 0. The topological polar surface area (TPSA) is 57.5 Å². The van der Waals surface area contributed by atoms with E-state index in [0.29, 0.717) is 17.5 Å². The molecular formula is C16H14O3. The number of aryl methyl sites for hydroxylation is 2. The Bertz CT molecular complexity index is 687. The van der Waals surface area contributed by atoms with E-state index in [4.69, 9.17) is 0 Å². The Morgan fingerprint density at radius 2 is 1.68 bits per heavy atom. The minimum Gasteiger partial charge on any atom is -0.504 e. The van der Waals surface area contributed by atoms with Crippen LogP contribution in [0.4, 0.5) is 0 Å². The SMILES string of the molecule is Cc1ccc(-c2ccc3c(c2)CCC3=O)c(O)c1O. The summed E-state index contributed by atoms with van der Waals surface area (Å²) >= 11 is 0. The summed E-state index contributed by atoms with van der Waals surface area (Å²) in [6.45, 7) is 1.74. The summed E-state index contributed by atoms with van der Waals surface area (Å²) in [7, 11) is 0. The number of rotatable bonds is 1. The highest BCUT2D eigenvalue weighted by molar-refractivity contribution is 6.01. The van der Waals surface area contributed by atoms with Gasteiger partial charge in [-0.05, 0) is 30.0 Å². The number of hydrogen-bond donors (Lipinski definition) is 2. The number of phenolic OH excluding ortho intramolecular Hbond substituents is 2. The van der Waals surface area contributed by atoms with Gasteiger partial charge in [-0.3, -0.25) is 4.79 Å². The van der Waals surface area contributed by atoms with E-state index in [2.05, 4.69) is 0 Å². The molecule has 0 fully saturated rings. The fourth-order valence-electron chi connectivity index (χ4n) is 2.54. The molecule has 0 saturated carbocycles. The van der Waals surface area contributed by atoms with Gasteiger partial charge in [-0.1, -0.05) is 30.3 Å². The highest BCUT2D eigenvalue weighted by Gasteiger charge is 2.20. The van der Waals surface area contributed by atoms with E-state index >= 15 is 0 Å². The van der Waals surface area contributed by atoms with Gasteiger partial charge in [-0.25, -0.2) is 0 Å². The number of hydrogen-bond acceptors (Lipinski definition) is 3. The van der Waals surface area contributed by atoms with Crippen LogP contribution in [0.1, 0.15) is 27.9 Å². The van der Waals surface area contributed by atoms with E-state index in [0.717, 1.165) is 23.1 Å². The van der Waals surface area contributed by atoms with Crippen LogP contribution in [-0.2, 0) is 6.42 Å². The Balaban J connectivity index is 2.14. The lowest BCUT2D eigenvalue weighted by molar-refractivity contribution is 0.0994. The van der Waals surface area contributed by atoms with E-state index in [1.165, 1.54) is 0 Å². The van der Waals surface area contributed by atoms with Crippen molar-refractivity contribution in [3.63, 3.8) is 0 Å². The summed E-state index contributed by atoms with van der Waals surface area (Å²) in [4.78, 5) is 11.6. The molecule has 2 aromatic rings. The van der Waals surface area contributed by atoms with Crippen molar-refractivity contribution in [2.75, 3.05) is 0 Å². The Hall–Kier alpha value is -2.29. The molecule has 0 spiro atoms. The smallest absolute Gasteiger partial charge is 0.165 e. The third-order valence-corrected chi connectivity index (χ3v) is 3.69. The molecule has 1 aliphatic carbocycles. The number of carbonyl (C=O) groups is 1. The van der Waals surface area contributed by atoms with Crippen molar-refractivity contribution < 1.29 is 15.0 Å². The second-order valence-corrected chi connectivity index (χ2v) is 4.92. The van der Waals surface area contributed by atoms with Gasteiger partial charge in [-0.15, -0.1) is 0 Å². The molecule has 0 aromatic heterocycles. The minimum atomic E-state index is -0.107. The number of ketones is 1. The lowest BCUT2D eigenvalue weighted by atomic mass is 9.98. The average molecular weight is 254 g/mol. The predicted molar refractivity (Wildman–Crippen MR) is 72.6 cm³/mol.